The highest BCUT2D eigenvalue weighted by Gasteiger charge is 2.40. The van der Waals surface area contributed by atoms with Crippen LogP contribution in [0, 0.1) is 11.3 Å². The van der Waals surface area contributed by atoms with E-state index in [1.54, 1.807) is 60.0 Å². The summed E-state index contributed by atoms with van der Waals surface area (Å²) in [6, 6.07) is 21.3. The molecular formula is C34H38Cl2N6O4. The van der Waals surface area contributed by atoms with Gasteiger partial charge in [0.15, 0.2) is 0 Å². The Kier molecular flexibility index (Phi) is 11.5. The van der Waals surface area contributed by atoms with Crippen LogP contribution in [0.2, 0.25) is 10.0 Å². The number of carbonyl (C=O) groups excluding carboxylic acids is 2. The number of amidine groups is 1. The highest BCUT2D eigenvalue weighted by molar-refractivity contribution is 6.32. The number of benzene rings is 3. The average molecular weight is 666 g/mol. The number of hydrogen-bond donors (Lipinski definition) is 2. The highest BCUT2D eigenvalue weighted by Crippen LogP contribution is 2.39. The summed E-state index contributed by atoms with van der Waals surface area (Å²) in [5, 5.41) is 20.7. The SMILES string of the molecule is CCOc1cc(C(C)(C)C#N)c(Cl)cc1C1=NC[C@@H](c2ccc(O)cc2)N1C(=O)N1CCN(CC(N)=O)CC1.Clc1ccccc1. The van der Waals surface area contributed by atoms with Crippen LogP contribution in [0.25, 0.3) is 0 Å². The normalized spacial score (nSPS) is 16.6. The molecule has 2 aliphatic rings. The van der Waals surface area contributed by atoms with Crippen LogP contribution in [-0.2, 0) is 10.2 Å². The van der Waals surface area contributed by atoms with Gasteiger partial charge < -0.3 is 20.5 Å². The van der Waals surface area contributed by atoms with Crippen LogP contribution in [0.4, 0.5) is 4.79 Å². The van der Waals surface area contributed by atoms with Crippen molar-refractivity contribution in [1.29, 1.82) is 5.26 Å². The van der Waals surface area contributed by atoms with Gasteiger partial charge in [-0.3, -0.25) is 19.6 Å². The third-order valence-electron chi connectivity index (χ3n) is 7.76. The van der Waals surface area contributed by atoms with Crippen LogP contribution >= 0.6 is 23.2 Å². The summed E-state index contributed by atoms with van der Waals surface area (Å²) in [6.45, 7) is 8.14. The van der Waals surface area contributed by atoms with Gasteiger partial charge in [-0.25, -0.2) is 4.79 Å². The van der Waals surface area contributed by atoms with Crippen molar-refractivity contribution in [3.63, 3.8) is 0 Å². The van der Waals surface area contributed by atoms with Crippen molar-refractivity contribution in [2.45, 2.75) is 32.2 Å². The first kappa shape index (κ1) is 34.6. The molecule has 0 unspecified atom stereocenters. The standard InChI is InChI=1S/C28H33ClN6O4.C6H5Cl/c1-4-39-24-14-21(28(2,3)17-30)22(29)13-20(24)26-32-15-23(18-5-7-19(36)8-6-18)35(26)27(38)34-11-9-33(10-12-34)16-25(31)37;7-6-4-2-1-3-5-6/h5-8,13-14,23,36H,4,9-12,15-16H2,1-3H3,(H2,31,37);1-5H/t23-;/m0./s1. The Morgan fingerprint density at radius 3 is 2.26 bits per heavy atom. The number of piperazine rings is 1. The lowest BCUT2D eigenvalue weighted by Crippen LogP contribution is -2.55. The van der Waals surface area contributed by atoms with Crippen molar-refractivity contribution in [2.24, 2.45) is 10.7 Å². The third-order valence-corrected chi connectivity index (χ3v) is 8.32. The molecule has 0 bridgehead atoms. The zero-order valence-electron chi connectivity index (χ0n) is 26.1. The van der Waals surface area contributed by atoms with E-state index in [0.717, 1.165) is 10.6 Å². The molecule has 1 atom stereocenters. The summed E-state index contributed by atoms with van der Waals surface area (Å²) >= 11 is 12.2. The van der Waals surface area contributed by atoms with Gasteiger partial charge in [0, 0.05) is 36.2 Å². The number of hydrogen-bond acceptors (Lipinski definition) is 7. The number of urea groups is 1. The van der Waals surface area contributed by atoms with E-state index in [4.69, 9.17) is 38.7 Å². The van der Waals surface area contributed by atoms with Crippen LogP contribution < -0.4 is 10.5 Å². The Morgan fingerprint density at radius 1 is 1.07 bits per heavy atom. The minimum absolute atomic E-state index is 0.127. The molecule has 3 N–H and O–H groups in total. The number of phenols is 1. The lowest BCUT2D eigenvalue weighted by molar-refractivity contribution is -0.119. The minimum atomic E-state index is -0.854. The predicted octanol–water partition coefficient (Wildman–Crippen LogP) is 5.61. The first-order chi connectivity index (χ1) is 21.9. The molecule has 2 heterocycles. The van der Waals surface area contributed by atoms with Gasteiger partial charge in [-0.2, -0.15) is 5.26 Å². The Bertz CT molecular complexity index is 1600. The third kappa shape index (κ3) is 8.29. The van der Waals surface area contributed by atoms with Gasteiger partial charge >= 0.3 is 6.03 Å². The van der Waals surface area contributed by atoms with E-state index in [0.29, 0.717) is 67.1 Å². The summed E-state index contributed by atoms with van der Waals surface area (Å²) in [7, 11) is 0. The summed E-state index contributed by atoms with van der Waals surface area (Å²) in [5.74, 6) is 0.626. The van der Waals surface area contributed by atoms with Crippen molar-refractivity contribution < 1.29 is 19.4 Å². The second kappa shape index (κ2) is 15.3. The van der Waals surface area contributed by atoms with E-state index in [1.165, 1.54) is 0 Å². The molecule has 5 rings (SSSR count). The number of amides is 3. The molecule has 10 nitrogen and oxygen atoms in total. The summed E-state index contributed by atoms with van der Waals surface area (Å²) < 4.78 is 5.98. The molecule has 0 saturated carbocycles. The molecule has 46 heavy (non-hydrogen) atoms. The summed E-state index contributed by atoms with van der Waals surface area (Å²) in [5.41, 5.74) is 6.49. The number of aromatic hydroxyl groups is 1. The molecule has 3 aromatic carbocycles. The summed E-state index contributed by atoms with van der Waals surface area (Å²) in [6.07, 6.45) is 0. The van der Waals surface area contributed by atoms with Crippen molar-refractivity contribution >= 4 is 41.0 Å². The molecule has 1 fully saturated rings. The monoisotopic (exact) mass is 664 g/mol. The number of ether oxygens (including phenoxy) is 1. The topological polar surface area (TPSA) is 135 Å². The largest absolute Gasteiger partial charge is 0.508 e. The number of nitriles is 1. The number of primary amides is 1. The summed E-state index contributed by atoms with van der Waals surface area (Å²) in [4.78, 5) is 35.5. The number of nitrogens with zero attached hydrogens (tertiary/aromatic N) is 5. The molecule has 0 aliphatic carbocycles. The smallest absolute Gasteiger partial charge is 0.326 e. The van der Waals surface area contributed by atoms with E-state index in [2.05, 4.69) is 6.07 Å². The molecule has 3 amide bonds. The van der Waals surface area contributed by atoms with E-state index < -0.39 is 17.4 Å². The van der Waals surface area contributed by atoms with E-state index in [9.17, 15) is 20.0 Å². The number of carbonyl (C=O) groups is 2. The molecule has 0 radical (unpaired) electrons. The van der Waals surface area contributed by atoms with Gasteiger partial charge in [0.1, 0.15) is 17.3 Å². The van der Waals surface area contributed by atoms with Gasteiger partial charge in [-0.05, 0) is 68.3 Å². The molecule has 0 aromatic heterocycles. The molecule has 242 valence electrons. The molecule has 3 aromatic rings. The number of nitrogens with two attached hydrogens (primary N) is 1. The van der Waals surface area contributed by atoms with Crippen LogP contribution in [0.15, 0.2) is 71.7 Å². The maximum Gasteiger partial charge on any atom is 0.326 e. The molecule has 2 aliphatic heterocycles. The molecule has 0 spiro atoms. The fourth-order valence-corrected chi connectivity index (χ4v) is 5.84. The Morgan fingerprint density at radius 2 is 1.72 bits per heavy atom. The van der Waals surface area contributed by atoms with E-state index >= 15 is 0 Å². The Labute approximate surface area is 279 Å². The predicted molar refractivity (Wildman–Crippen MR) is 179 cm³/mol. The minimum Gasteiger partial charge on any atom is -0.508 e. The number of rotatable bonds is 7. The van der Waals surface area contributed by atoms with E-state index in [-0.39, 0.29) is 18.3 Å². The van der Waals surface area contributed by atoms with E-state index in [1.807, 2.05) is 42.2 Å². The number of halogens is 2. The van der Waals surface area contributed by atoms with Crippen molar-refractivity contribution in [2.75, 3.05) is 45.9 Å². The number of aliphatic imine (C=N–C) groups is 1. The first-order valence-corrected chi connectivity index (χ1v) is 15.7. The maximum atomic E-state index is 14.1. The lowest BCUT2D eigenvalue weighted by Gasteiger charge is -2.38. The fourth-order valence-electron chi connectivity index (χ4n) is 5.30. The van der Waals surface area contributed by atoms with Crippen LogP contribution in [0.1, 0.15) is 43.5 Å². The second-order valence-electron chi connectivity index (χ2n) is 11.4. The Balaban J connectivity index is 0.000000606. The van der Waals surface area contributed by atoms with Gasteiger partial charge in [0.2, 0.25) is 5.91 Å². The van der Waals surface area contributed by atoms with Crippen molar-refractivity contribution in [1.82, 2.24) is 14.7 Å². The zero-order valence-corrected chi connectivity index (χ0v) is 27.6. The lowest BCUT2D eigenvalue weighted by atomic mass is 9.85. The number of phenolic OH excluding ortho intramolecular Hbond substituents is 1. The van der Waals surface area contributed by atoms with Gasteiger partial charge in [-0.15, -0.1) is 0 Å². The first-order valence-electron chi connectivity index (χ1n) is 15.0. The molecular weight excluding hydrogens is 627 g/mol. The fraction of sp³-hybridized carbons (Fsp3) is 0.353. The highest BCUT2D eigenvalue weighted by atomic mass is 35.5. The average Bonchev–Trinajstić information content (AvgIpc) is 3.47. The van der Waals surface area contributed by atoms with Crippen molar-refractivity contribution in [3.05, 3.63) is 93.5 Å². The quantitative estimate of drug-likeness (QED) is 0.337. The Hall–Kier alpha value is -4.30. The van der Waals surface area contributed by atoms with Gasteiger partial charge in [0.05, 0.1) is 42.8 Å². The van der Waals surface area contributed by atoms with Crippen LogP contribution in [-0.4, -0.2) is 83.5 Å². The van der Waals surface area contributed by atoms with Crippen LogP contribution in [0.5, 0.6) is 11.5 Å². The van der Waals surface area contributed by atoms with Crippen LogP contribution in [0.3, 0.4) is 0 Å². The van der Waals surface area contributed by atoms with Gasteiger partial charge in [0.25, 0.3) is 0 Å². The maximum absolute atomic E-state index is 14.1. The molecule has 1 saturated heterocycles. The van der Waals surface area contributed by atoms with Crippen molar-refractivity contribution in [3.8, 4) is 17.6 Å². The second-order valence-corrected chi connectivity index (χ2v) is 12.3. The zero-order chi connectivity index (χ0) is 33.4. The molecule has 12 heteroatoms. The van der Waals surface area contributed by atoms with Gasteiger partial charge in [-0.1, -0.05) is 53.5 Å².